The van der Waals surface area contributed by atoms with Crippen molar-refractivity contribution in [3.05, 3.63) is 0 Å². The largest absolute Gasteiger partial charge is 0.299 e. The maximum absolute atomic E-state index is 12.0. The van der Waals surface area contributed by atoms with Crippen LogP contribution in [0, 0.1) is 0 Å². The van der Waals surface area contributed by atoms with Gasteiger partial charge in [-0.3, -0.25) is 0 Å². The van der Waals surface area contributed by atoms with Gasteiger partial charge in [0.05, 0.1) is 0 Å². The first-order valence-corrected chi connectivity index (χ1v) is 7.24. The molecule has 16 heavy (non-hydrogen) atoms. The lowest BCUT2D eigenvalue weighted by Gasteiger charge is -2.25. The SMILES string of the molecule is CCC(C)(OS(=O)(=O)CF)OS(=O)(=O)CF. The van der Waals surface area contributed by atoms with Gasteiger partial charge in [-0.1, -0.05) is 6.92 Å². The Morgan fingerprint density at radius 1 is 1.00 bits per heavy atom. The predicted molar refractivity (Wildman–Crippen MR) is 50.7 cm³/mol. The molecule has 0 aliphatic carbocycles. The zero-order valence-electron chi connectivity index (χ0n) is 8.64. The molecule has 0 aromatic rings. The molecule has 0 aromatic carbocycles. The molecule has 0 unspecified atom stereocenters. The zero-order chi connectivity index (χ0) is 13.0. The molecule has 10 heteroatoms. The number of hydrogen-bond acceptors (Lipinski definition) is 6. The zero-order valence-corrected chi connectivity index (χ0v) is 10.3. The van der Waals surface area contributed by atoms with Gasteiger partial charge in [0, 0.05) is 6.42 Å². The Morgan fingerprint density at radius 2 is 1.31 bits per heavy atom. The van der Waals surface area contributed by atoms with E-state index in [1.165, 1.54) is 6.92 Å². The number of halogens is 2. The summed E-state index contributed by atoms with van der Waals surface area (Å²) in [6.07, 6.45) is -0.231. The van der Waals surface area contributed by atoms with Gasteiger partial charge in [0.25, 0.3) is 20.2 Å². The quantitative estimate of drug-likeness (QED) is 0.503. The summed E-state index contributed by atoms with van der Waals surface area (Å²) in [7, 11) is -9.10. The highest BCUT2D eigenvalue weighted by molar-refractivity contribution is 7.87. The van der Waals surface area contributed by atoms with Crippen LogP contribution in [0.5, 0.6) is 0 Å². The van der Waals surface area contributed by atoms with Gasteiger partial charge >= 0.3 is 0 Å². The standard InChI is InChI=1S/C6H12F2O6S2/c1-3-6(2,13-15(9,10)4-7)14-16(11,12)5-8/h3-5H2,1-2H3. The molecule has 6 nitrogen and oxygen atoms in total. The second-order valence-electron chi connectivity index (χ2n) is 2.99. The van der Waals surface area contributed by atoms with Gasteiger partial charge in [-0.15, -0.1) is 0 Å². The van der Waals surface area contributed by atoms with E-state index < -0.39 is 38.0 Å². The Morgan fingerprint density at radius 3 is 1.50 bits per heavy atom. The summed E-state index contributed by atoms with van der Waals surface area (Å²) in [6, 6.07) is -3.66. The van der Waals surface area contributed by atoms with Crippen molar-refractivity contribution in [1.82, 2.24) is 0 Å². The molecule has 0 aliphatic rings. The number of hydrogen-bond donors (Lipinski definition) is 0. The maximum atomic E-state index is 12.0. The molecule has 0 rings (SSSR count). The highest BCUT2D eigenvalue weighted by Crippen LogP contribution is 2.23. The molecule has 98 valence electrons. The highest BCUT2D eigenvalue weighted by Gasteiger charge is 2.36. The first-order chi connectivity index (χ1) is 7.10. The summed E-state index contributed by atoms with van der Waals surface area (Å²) in [5.41, 5.74) is 0. The molecule has 0 amide bonds. The minimum atomic E-state index is -4.55. The Kier molecular flexibility index (Phi) is 5.23. The van der Waals surface area contributed by atoms with Crippen LogP contribution < -0.4 is 0 Å². The van der Waals surface area contributed by atoms with Gasteiger partial charge in [-0.05, 0) is 6.92 Å². The molecular formula is C6H12F2O6S2. The van der Waals surface area contributed by atoms with Crippen molar-refractivity contribution in [2.24, 2.45) is 0 Å². The van der Waals surface area contributed by atoms with Gasteiger partial charge in [0.1, 0.15) is 0 Å². The fourth-order valence-corrected chi connectivity index (χ4v) is 2.22. The van der Waals surface area contributed by atoms with Crippen LogP contribution in [-0.4, -0.2) is 34.6 Å². The number of alkyl halides is 2. The minimum absolute atomic E-state index is 0.231. The second kappa shape index (κ2) is 5.34. The minimum Gasteiger partial charge on any atom is -0.232 e. The molecule has 0 saturated heterocycles. The topological polar surface area (TPSA) is 86.7 Å². The molecule has 0 saturated carbocycles. The Bertz CT molecular complexity index is 378. The van der Waals surface area contributed by atoms with Crippen LogP contribution in [0.15, 0.2) is 0 Å². The van der Waals surface area contributed by atoms with E-state index in [1.54, 1.807) is 0 Å². The molecule has 0 bridgehead atoms. The average Bonchev–Trinajstić information content (AvgIpc) is 2.16. The third kappa shape index (κ3) is 5.14. The summed E-state index contributed by atoms with van der Waals surface area (Å²) in [5, 5.41) is 0. The first-order valence-electron chi connectivity index (χ1n) is 4.08. The monoisotopic (exact) mass is 282 g/mol. The molecule has 0 spiro atoms. The lowest BCUT2D eigenvalue weighted by molar-refractivity contribution is -0.0915. The molecule has 0 fully saturated rings. The lowest BCUT2D eigenvalue weighted by atomic mass is 10.3. The van der Waals surface area contributed by atoms with Crippen molar-refractivity contribution in [3.63, 3.8) is 0 Å². The van der Waals surface area contributed by atoms with E-state index in [0.29, 0.717) is 0 Å². The van der Waals surface area contributed by atoms with E-state index in [1.807, 2.05) is 0 Å². The van der Waals surface area contributed by atoms with Crippen molar-refractivity contribution >= 4 is 20.2 Å². The van der Waals surface area contributed by atoms with E-state index in [4.69, 9.17) is 0 Å². The molecule has 0 heterocycles. The second-order valence-corrected chi connectivity index (χ2v) is 5.99. The average molecular weight is 282 g/mol. The van der Waals surface area contributed by atoms with Crippen LogP contribution in [0.25, 0.3) is 0 Å². The summed E-state index contributed by atoms with van der Waals surface area (Å²) in [6.45, 7) is 2.29. The molecular weight excluding hydrogens is 270 g/mol. The third-order valence-corrected chi connectivity index (χ3v) is 3.26. The summed E-state index contributed by atoms with van der Waals surface area (Å²) >= 11 is 0. The van der Waals surface area contributed by atoms with Crippen LogP contribution in [0.4, 0.5) is 8.78 Å². The van der Waals surface area contributed by atoms with Crippen LogP contribution in [-0.2, 0) is 28.6 Å². The van der Waals surface area contributed by atoms with E-state index in [9.17, 15) is 25.6 Å². The number of rotatable bonds is 7. The third-order valence-electron chi connectivity index (χ3n) is 1.52. The van der Waals surface area contributed by atoms with Crippen molar-refractivity contribution in [1.29, 1.82) is 0 Å². The van der Waals surface area contributed by atoms with Gasteiger partial charge in [-0.25, -0.2) is 17.1 Å². The molecule has 0 radical (unpaired) electrons. The fraction of sp³-hybridized carbons (Fsp3) is 1.00. The maximum Gasteiger partial charge on any atom is 0.299 e. The summed E-state index contributed by atoms with van der Waals surface area (Å²) in [5.74, 6) is -2.14. The van der Waals surface area contributed by atoms with Crippen molar-refractivity contribution < 1.29 is 34.0 Å². The Hall–Kier alpha value is -0.320. The first kappa shape index (κ1) is 15.7. The van der Waals surface area contributed by atoms with Gasteiger partial charge in [-0.2, -0.15) is 16.8 Å². The molecule has 0 atom stereocenters. The summed E-state index contributed by atoms with van der Waals surface area (Å²) < 4.78 is 75.4. The van der Waals surface area contributed by atoms with Gasteiger partial charge in [0.15, 0.2) is 0 Å². The van der Waals surface area contributed by atoms with Crippen LogP contribution in [0.3, 0.4) is 0 Å². The van der Waals surface area contributed by atoms with E-state index in [0.717, 1.165) is 6.92 Å². The van der Waals surface area contributed by atoms with E-state index >= 15 is 0 Å². The van der Waals surface area contributed by atoms with E-state index in [-0.39, 0.29) is 6.42 Å². The van der Waals surface area contributed by atoms with Crippen LogP contribution in [0.2, 0.25) is 0 Å². The normalized spacial score (nSPS) is 14.0. The van der Waals surface area contributed by atoms with Gasteiger partial charge in [0.2, 0.25) is 17.8 Å². The molecule has 0 N–H and O–H groups in total. The Balaban J connectivity index is 4.95. The highest BCUT2D eigenvalue weighted by atomic mass is 32.2. The van der Waals surface area contributed by atoms with E-state index in [2.05, 4.69) is 8.37 Å². The van der Waals surface area contributed by atoms with Crippen LogP contribution >= 0.6 is 0 Å². The fourth-order valence-electron chi connectivity index (χ4n) is 0.713. The van der Waals surface area contributed by atoms with Gasteiger partial charge < -0.3 is 0 Å². The smallest absolute Gasteiger partial charge is 0.232 e. The molecule has 0 aromatic heterocycles. The lowest BCUT2D eigenvalue weighted by Crippen LogP contribution is -2.37. The Labute approximate surface area is 92.8 Å². The van der Waals surface area contributed by atoms with Crippen molar-refractivity contribution in [3.8, 4) is 0 Å². The van der Waals surface area contributed by atoms with Crippen LogP contribution in [0.1, 0.15) is 20.3 Å². The molecule has 0 aliphatic heterocycles. The van der Waals surface area contributed by atoms with Crippen molar-refractivity contribution in [2.75, 3.05) is 12.0 Å². The summed E-state index contributed by atoms with van der Waals surface area (Å²) in [4.78, 5) is 0. The predicted octanol–water partition coefficient (Wildman–Crippen LogP) is 0.659. The van der Waals surface area contributed by atoms with Crippen molar-refractivity contribution in [2.45, 2.75) is 26.1 Å².